The van der Waals surface area contributed by atoms with Gasteiger partial charge in [-0.3, -0.25) is 4.79 Å². The van der Waals surface area contributed by atoms with Gasteiger partial charge in [-0.2, -0.15) is 0 Å². The van der Waals surface area contributed by atoms with E-state index in [0.717, 1.165) is 11.3 Å². The highest BCUT2D eigenvalue weighted by Gasteiger charge is 2.46. The molecular weight excluding hydrogens is 210 g/mol. The average Bonchev–Trinajstić information content (AvgIpc) is 2.41. The molecular formula is C12H14ClNO. The molecule has 2 nitrogen and oxygen atoms in total. The third-order valence-electron chi connectivity index (χ3n) is 3.41. The molecule has 1 aliphatic heterocycles. The van der Waals surface area contributed by atoms with Crippen LogP contribution in [-0.2, 0) is 10.2 Å². The average molecular weight is 224 g/mol. The Morgan fingerprint density at radius 3 is 2.67 bits per heavy atom. The minimum absolute atomic E-state index is 0.0422. The molecule has 80 valence electrons. The number of halogens is 1. The van der Waals surface area contributed by atoms with Gasteiger partial charge >= 0.3 is 0 Å². The van der Waals surface area contributed by atoms with E-state index in [-0.39, 0.29) is 11.8 Å². The fourth-order valence-electron chi connectivity index (χ4n) is 2.07. The van der Waals surface area contributed by atoms with E-state index in [0.29, 0.717) is 5.02 Å². The summed E-state index contributed by atoms with van der Waals surface area (Å²) in [7, 11) is 0. The van der Waals surface area contributed by atoms with Crippen LogP contribution in [0.25, 0.3) is 0 Å². The number of hydrogen-bond acceptors (Lipinski definition) is 1. The molecule has 1 aliphatic rings. The standard InChI is InChI=1S/C12H14ClNO/c1-7(2)12(3)10-8(13)5-4-6-9(10)14-11(12)15/h4-7H,1-3H3,(H,14,15). The molecule has 0 saturated heterocycles. The van der Waals surface area contributed by atoms with Gasteiger partial charge < -0.3 is 5.32 Å². The molecule has 0 radical (unpaired) electrons. The second-order valence-corrected chi connectivity index (χ2v) is 4.88. The van der Waals surface area contributed by atoms with E-state index < -0.39 is 5.41 Å². The summed E-state index contributed by atoms with van der Waals surface area (Å²) in [6, 6.07) is 5.58. The van der Waals surface area contributed by atoms with Gasteiger partial charge in [0.25, 0.3) is 0 Å². The fraction of sp³-hybridized carbons (Fsp3) is 0.417. The number of amides is 1. The van der Waals surface area contributed by atoms with Crippen LogP contribution in [0.15, 0.2) is 18.2 Å². The molecule has 1 amide bonds. The largest absolute Gasteiger partial charge is 0.325 e. The van der Waals surface area contributed by atoms with Crippen molar-refractivity contribution in [2.45, 2.75) is 26.2 Å². The van der Waals surface area contributed by atoms with Gasteiger partial charge in [-0.05, 0) is 25.0 Å². The van der Waals surface area contributed by atoms with Crippen LogP contribution in [-0.4, -0.2) is 5.91 Å². The fourth-order valence-corrected chi connectivity index (χ4v) is 2.44. The molecule has 0 aromatic heterocycles. The van der Waals surface area contributed by atoms with Crippen molar-refractivity contribution in [1.29, 1.82) is 0 Å². The SMILES string of the molecule is CC(C)C1(C)C(=O)Nc2cccc(Cl)c21. The van der Waals surface area contributed by atoms with E-state index in [4.69, 9.17) is 11.6 Å². The van der Waals surface area contributed by atoms with Crippen molar-refractivity contribution in [3.05, 3.63) is 28.8 Å². The number of carbonyl (C=O) groups is 1. The number of hydrogen-bond donors (Lipinski definition) is 1. The van der Waals surface area contributed by atoms with Crippen molar-refractivity contribution in [3.8, 4) is 0 Å². The van der Waals surface area contributed by atoms with Crippen LogP contribution in [0.1, 0.15) is 26.3 Å². The Balaban J connectivity index is 2.68. The topological polar surface area (TPSA) is 29.1 Å². The lowest BCUT2D eigenvalue weighted by atomic mass is 9.74. The first kappa shape index (κ1) is 10.5. The van der Waals surface area contributed by atoms with E-state index in [9.17, 15) is 4.79 Å². The predicted molar refractivity (Wildman–Crippen MR) is 62.3 cm³/mol. The molecule has 0 spiro atoms. The minimum Gasteiger partial charge on any atom is -0.325 e. The first-order chi connectivity index (χ1) is 6.98. The molecule has 15 heavy (non-hydrogen) atoms. The first-order valence-electron chi connectivity index (χ1n) is 5.08. The second-order valence-electron chi connectivity index (χ2n) is 4.47. The third-order valence-corrected chi connectivity index (χ3v) is 3.72. The molecule has 0 bridgehead atoms. The summed E-state index contributed by atoms with van der Waals surface area (Å²) in [6.07, 6.45) is 0. The zero-order valence-corrected chi connectivity index (χ0v) is 9.85. The van der Waals surface area contributed by atoms with Gasteiger partial charge in [-0.1, -0.05) is 31.5 Å². The van der Waals surface area contributed by atoms with Crippen molar-refractivity contribution in [2.75, 3.05) is 5.32 Å². The highest BCUT2D eigenvalue weighted by molar-refractivity contribution is 6.33. The minimum atomic E-state index is -0.506. The molecule has 3 heteroatoms. The highest BCUT2D eigenvalue weighted by atomic mass is 35.5. The van der Waals surface area contributed by atoms with Crippen LogP contribution in [0.4, 0.5) is 5.69 Å². The number of fused-ring (bicyclic) bond motifs is 1. The van der Waals surface area contributed by atoms with Crippen molar-refractivity contribution >= 4 is 23.2 Å². The monoisotopic (exact) mass is 223 g/mol. The van der Waals surface area contributed by atoms with Crippen molar-refractivity contribution in [3.63, 3.8) is 0 Å². The Kier molecular flexibility index (Phi) is 2.27. The van der Waals surface area contributed by atoms with Crippen molar-refractivity contribution < 1.29 is 4.79 Å². The van der Waals surface area contributed by atoms with E-state index in [1.807, 2.05) is 39.0 Å². The maximum absolute atomic E-state index is 12.0. The van der Waals surface area contributed by atoms with Gasteiger partial charge in [0.15, 0.2) is 0 Å². The van der Waals surface area contributed by atoms with Gasteiger partial charge in [-0.15, -0.1) is 0 Å². The molecule has 0 aliphatic carbocycles. The third kappa shape index (κ3) is 1.28. The molecule has 1 aromatic rings. The zero-order valence-electron chi connectivity index (χ0n) is 9.10. The molecule has 1 unspecified atom stereocenters. The van der Waals surface area contributed by atoms with E-state index in [1.165, 1.54) is 0 Å². The predicted octanol–water partition coefficient (Wildman–Crippen LogP) is 3.21. The Morgan fingerprint density at radius 1 is 1.40 bits per heavy atom. The molecule has 1 heterocycles. The smallest absolute Gasteiger partial charge is 0.235 e. The number of benzene rings is 1. The van der Waals surface area contributed by atoms with E-state index in [2.05, 4.69) is 5.32 Å². The number of carbonyl (C=O) groups excluding carboxylic acids is 1. The summed E-state index contributed by atoms with van der Waals surface area (Å²) in [4.78, 5) is 12.0. The Hall–Kier alpha value is -1.02. The maximum Gasteiger partial charge on any atom is 0.235 e. The molecule has 0 fully saturated rings. The summed E-state index contributed by atoms with van der Waals surface area (Å²) >= 11 is 6.17. The summed E-state index contributed by atoms with van der Waals surface area (Å²) < 4.78 is 0. The van der Waals surface area contributed by atoms with E-state index >= 15 is 0 Å². The van der Waals surface area contributed by atoms with Crippen LogP contribution in [0.5, 0.6) is 0 Å². The highest BCUT2D eigenvalue weighted by Crippen LogP contribution is 2.45. The Morgan fingerprint density at radius 2 is 2.07 bits per heavy atom. The Bertz CT molecular complexity index is 428. The van der Waals surface area contributed by atoms with E-state index in [1.54, 1.807) is 0 Å². The quantitative estimate of drug-likeness (QED) is 0.778. The van der Waals surface area contributed by atoms with Crippen LogP contribution in [0, 0.1) is 5.92 Å². The van der Waals surface area contributed by atoms with Crippen LogP contribution in [0.3, 0.4) is 0 Å². The number of rotatable bonds is 1. The summed E-state index contributed by atoms with van der Waals surface area (Å²) in [5, 5.41) is 3.56. The lowest BCUT2D eigenvalue weighted by molar-refractivity contribution is -0.121. The maximum atomic E-state index is 12.0. The van der Waals surface area contributed by atoms with Crippen molar-refractivity contribution in [2.24, 2.45) is 5.92 Å². The first-order valence-corrected chi connectivity index (χ1v) is 5.46. The van der Waals surface area contributed by atoms with Crippen LogP contribution < -0.4 is 5.32 Å². The van der Waals surface area contributed by atoms with Crippen LogP contribution >= 0.6 is 11.6 Å². The molecule has 1 aromatic carbocycles. The number of nitrogens with one attached hydrogen (secondary N) is 1. The van der Waals surface area contributed by atoms with Gasteiger partial charge in [0.1, 0.15) is 0 Å². The number of anilines is 1. The second kappa shape index (κ2) is 3.24. The van der Waals surface area contributed by atoms with Crippen molar-refractivity contribution in [1.82, 2.24) is 0 Å². The van der Waals surface area contributed by atoms with Crippen LogP contribution in [0.2, 0.25) is 5.02 Å². The van der Waals surface area contributed by atoms with Gasteiger partial charge in [0.05, 0.1) is 5.41 Å². The summed E-state index contributed by atoms with van der Waals surface area (Å²) in [5.41, 5.74) is 1.28. The molecule has 0 saturated carbocycles. The summed E-state index contributed by atoms with van der Waals surface area (Å²) in [5.74, 6) is 0.263. The lowest BCUT2D eigenvalue weighted by Crippen LogP contribution is -2.36. The Labute approximate surface area is 94.6 Å². The van der Waals surface area contributed by atoms with Gasteiger partial charge in [0, 0.05) is 16.3 Å². The normalized spacial score (nSPS) is 24.2. The lowest BCUT2D eigenvalue weighted by Gasteiger charge is -2.27. The van der Waals surface area contributed by atoms with Gasteiger partial charge in [-0.25, -0.2) is 0 Å². The summed E-state index contributed by atoms with van der Waals surface area (Å²) in [6.45, 7) is 6.03. The molecule has 1 atom stereocenters. The molecule has 1 N–H and O–H groups in total. The van der Waals surface area contributed by atoms with Gasteiger partial charge in [0.2, 0.25) is 5.91 Å². The zero-order chi connectivity index (χ0) is 11.2. The molecule has 2 rings (SSSR count).